The highest BCUT2D eigenvalue weighted by atomic mass is 35.5. The van der Waals surface area contributed by atoms with Gasteiger partial charge in [0.1, 0.15) is 5.82 Å². The summed E-state index contributed by atoms with van der Waals surface area (Å²) in [4.78, 5) is 16.9. The van der Waals surface area contributed by atoms with E-state index in [1.165, 1.54) is 12.1 Å². The number of hydrogen-bond donors (Lipinski definition) is 4. The molecule has 0 heterocycles. The average molecular weight is 514 g/mol. The lowest BCUT2D eigenvalue weighted by atomic mass is 10.0. The molecule has 2 unspecified atom stereocenters. The van der Waals surface area contributed by atoms with Gasteiger partial charge in [0.15, 0.2) is 17.6 Å². The fourth-order valence-corrected chi connectivity index (χ4v) is 3.43. The fourth-order valence-electron chi connectivity index (χ4n) is 3.20. The third-order valence-electron chi connectivity index (χ3n) is 4.88. The van der Waals surface area contributed by atoms with Crippen LogP contribution in [0.1, 0.15) is 48.7 Å². The van der Waals surface area contributed by atoms with Gasteiger partial charge in [-0.3, -0.25) is 15.1 Å². The lowest BCUT2D eigenvalue weighted by molar-refractivity contribution is 0.0782. The second-order valence-electron chi connectivity index (χ2n) is 8.12. The van der Waals surface area contributed by atoms with Crippen LogP contribution in [0, 0.1) is 17.5 Å². The molecule has 2 aromatic carbocycles. The van der Waals surface area contributed by atoms with Gasteiger partial charge >= 0.3 is 0 Å². The van der Waals surface area contributed by atoms with E-state index in [9.17, 15) is 18.0 Å². The summed E-state index contributed by atoms with van der Waals surface area (Å²) >= 11 is 5.97. The van der Waals surface area contributed by atoms with Crippen molar-refractivity contribution >= 4 is 23.5 Å². The number of nitrogens with two attached hydrogens (primary N) is 1. The molecule has 0 spiro atoms. The second-order valence-corrected chi connectivity index (χ2v) is 8.55. The Morgan fingerprint density at radius 1 is 1.14 bits per heavy atom. The topological polar surface area (TPSA) is 101 Å². The van der Waals surface area contributed by atoms with Gasteiger partial charge in [0.25, 0.3) is 5.91 Å². The number of carbonyl (C=O) groups is 1. The third kappa shape index (κ3) is 9.85. The maximum Gasteiger partial charge on any atom is 0.258 e. The summed E-state index contributed by atoms with van der Waals surface area (Å²) in [5.41, 5.74) is 6.76. The van der Waals surface area contributed by atoms with E-state index in [1.54, 1.807) is 13.1 Å². The number of nitrogens with one attached hydrogen (secondary N) is 3. The maximum absolute atomic E-state index is 13.8. The molecule has 0 aromatic heterocycles. The van der Waals surface area contributed by atoms with Crippen molar-refractivity contribution in [1.29, 1.82) is 0 Å². The van der Waals surface area contributed by atoms with Crippen LogP contribution in [0.4, 0.5) is 13.2 Å². The zero-order chi connectivity index (χ0) is 26.0. The number of aliphatic imine (C=N–C) groups is 1. The van der Waals surface area contributed by atoms with Crippen LogP contribution in [-0.2, 0) is 4.74 Å². The maximum atomic E-state index is 13.8. The lowest BCUT2D eigenvalue weighted by Gasteiger charge is -2.23. The van der Waals surface area contributed by atoms with Crippen molar-refractivity contribution in [3.63, 3.8) is 0 Å². The number of guanidine groups is 1. The lowest BCUT2D eigenvalue weighted by Crippen LogP contribution is -2.50. The van der Waals surface area contributed by atoms with Crippen molar-refractivity contribution in [3.05, 3.63) is 70.0 Å². The van der Waals surface area contributed by atoms with Crippen LogP contribution in [0.5, 0.6) is 0 Å². The van der Waals surface area contributed by atoms with Crippen molar-refractivity contribution in [1.82, 2.24) is 16.0 Å². The average Bonchev–Trinajstić information content (AvgIpc) is 2.77. The van der Waals surface area contributed by atoms with Gasteiger partial charge in [-0.25, -0.2) is 13.2 Å². The number of benzene rings is 2. The Balaban J connectivity index is 2.11. The van der Waals surface area contributed by atoms with E-state index in [0.717, 1.165) is 18.2 Å². The Morgan fingerprint density at radius 2 is 1.89 bits per heavy atom. The standard InChI is InChI=1S/C24H31ClF3N5O2/c1-14(2)35-8-4-7-31-24(33-23(34)15-5-6-19(27)20(28)11-15)32-22(29)13-21(30-3)16-9-17(25)12-18(26)10-16/h5-6,9-12,14,21-22,30H,4,7-8,13,29H2,1-3H3,(H2,31,32,33,34). The zero-order valence-corrected chi connectivity index (χ0v) is 20.6. The molecule has 0 saturated carbocycles. The number of amides is 1. The quantitative estimate of drug-likeness (QED) is 0.158. The predicted octanol–water partition coefficient (Wildman–Crippen LogP) is 3.88. The van der Waals surface area contributed by atoms with Crippen LogP contribution in [0.25, 0.3) is 0 Å². The van der Waals surface area contributed by atoms with Crippen molar-refractivity contribution in [2.45, 2.75) is 45.0 Å². The molecule has 0 aliphatic rings. The van der Waals surface area contributed by atoms with E-state index >= 15 is 0 Å². The monoisotopic (exact) mass is 513 g/mol. The summed E-state index contributed by atoms with van der Waals surface area (Å²) < 4.78 is 46.1. The van der Waals surface area contributed by atoms with E-state index < -0.39 is 29.5 Å². The molecule has 11 heteroatoms. The van der Waals surface area contributed by atoms with Crippen molar-refractivity contribution < 1.29 is 22.7 Å². The number of halogens is 4. The van der Waals surface area contributed by atoms with E-state index in [4.69, 9.17) is 22.1 Å². The molecule has 2 atom stereocenters. The molecule has 192 valence electrons. The van der Waals surface area contributed by atoms with Crippen LogP contribution in [0.3, 0.4) is 0 Å². The Bertz CT molecular complexity index is 1000. The molecule has 2 aromatic rings. The Labute approximate surface area is 208 Å². The third-order valence-corrected chi connectivity index (χ3v) is 5.10. The highest BCUT2D eigenvalue weighted by molar-refractivity contribution is 6.30. The summed E-state index contributed by atoms with van der Waals surface area (Å²) in [5, 5.41) is 8.79. The molecular weight excluding hydrogens is 483 g/mol. The van der Waals surface area contributed by atoms with Crippen molar-refractivity contribution in [3.8, 4) is 0 Å². The Morgan fingerprint density at radius 3 is 2.51 bits per heavy atom. The first-order valence-corrected chi connectivity index (χ1v) is 11.5. The van der Waals surface area contributed by atoms with Gasteiger partial charge in [0.2, 0.25) is 0 Å². The minimum absolute atomic E-state index is 0.0592. The second kappa shape index (κ2) is 14.0. The SMILES string of the molecule is CNC(CC(N)NC(=NCCCOC(C)C)NC(=O)c1ccc(F)c(F)c1)c1cc(F)cc(Cl)c1. The molecule has 0 bridgehead atoms. The minimum atomic E-state index is -1.14. The first-order valence-electron chi connectivity index (χ1n) is 11.2. The van der Waals surface area contributed by atoms with Gasteiger partial charge in [-0.1, -0.05) is 11.6 Å². The first-order chi connectivity index (χ1) is 16.6. The van der Waals surface area contributed by atoms with Gasteiger partial charge in [-0.15, -0.1) is 0 Å². The summed E-state index contributed by atoms with van der Waals surface area (Å²) in [6, 6.07) is 6.66. The molecule has 0 radical (unpaired) electrons. The van der Waals surface area contributed by atoms with Crippen LogP contribution >= 0.6 is 11.6 Å². The molecule has 35 heavy (non-hydrogen) atoms. The van der Waals surface area contributed by atoms with Gasteiger partial charge < -0.3 is 21.1 Å². The van der Waals surface area contributed by atoms with Gasteiger partial charge in [0.05, 0.1) is 12.3 Å². The largest absolute Gasteiger partial charge is 0.379 e. The smallest absolute Gasteiger partial charge is 0.258 e. The number of rotatable bonds is 11. The van der Waals surface area contributed by atoms with Crippen LogP contribution in [0.2, 0.25) is 5.02 Å². The van der Waals surface area contributed by atoms with Gasteiger partial charge in [0, 0.05) is 36.2 Å². The molecule has 0 aliphatic heterocycles. The molecule has 1 amide bonds. The Hall–Kier alpha value is -2.66. The fraction of sp³-hybridized carbons (Fsp3) is 0.417. The van der Waals surface area contributed by atoms with Crippen molar-refractivity contribution in [2.24, 2.45) is 10.7 Å². The number of nitrogens with zero attached hydrogens (tertiary/aromatic N) is 1. The van der Waals surface area contributed by atoms with Crippen LogP contribution in [0.15, 0.2) is 41.4 Å². The minimum Gasteiger partial charge on any atom is -0.379 e. The van der Waals surface area contributed by atoms with E-state index in [0.29, 0.717) is 25.1 Å². The highest BCUT2D eigenvalue weighted by Crippen LogP contribution is 2.22. The molecule has 5 N–H and O–H groups in total. The van der Waals surface area contributed by atoms with Crippen LogP contribution in [-0.4, -0.2) is 44.3 Å². The molecule has 0 fully saturated rings. The Kier molecular flexibility index (Phi) is 11.5. The molecule has 0 saturated heterocycles. The summed E-state index contributed by atoms with van der Waals surface area (Å²) in [6.45, 7) is 4.62. The number of hydrogen-bond acceptors (Lipinski definition) is 5. The normalized spacial score (nSPS) is 13.6. The predicted molar refractivity (Wildman–Crippen MR) is 131 cm³/mol. The molecule has 7 nitrogen and oxygen atoms in total. The molecule has 2 rings (SSSR count). The molecule has 0 aliphatic carbocycles. The van der Waals surface area contributed by atoms with Crippen molar-refractivity contribution in [2.75, 3.05) is 20.2 Å². The van der Waals surface area contributed by atoms with Gasteiger partial charge in [-0.05, 0) is 69.3 Å². The summed E-state index contributed by atoms with van der Waals surface area (Å²) in [7, 11) is 1.70. The molecular formula is C24H31ClF3N5O2. The zero-order valence-electron chi connectivity index (χ0n) is 19.9. The number of ether oxygens (including phenoxy) is 1. The first kappa shape index (κ1) is 28.6. The van der Waals surface area contributed by atoms with Gasteiger partial charge in [-0.2, -0.15) is 0 Å². The summed E-state index contributed by atoms with van der Waals surface area (Å²) in [5.74, 6) is -3.31. The van der Waals surface area contributed by atoms with E-state index in [2.05, 4.69) is 20.9 Å². The summed E-state index contributed by atoms with van der Waals surface area (Å²) in [6.07, 6.45) is 0.228. The van der Waals surface area contributed by atoms with Crippen LogP contribution < -0.4 is 21.7 Å². The van der Waals surface area contributed by atoms with E-state index in [1.807, 2.05) is 13.8 Å². The highest BCUT2D eigenvalue weighted by Gasteiger charge is 2.18. The van der Waals surface area contributed by atoms with E-state index in [-0.39, 0.29) is 35.1 Å². The number of carbonyl (C=O) groups excluding carboxylic acids is 1.